The summed E-state index contributed by atoms with van der Waals surface area (Å²) in [6.07, 6.45) is -0.705. The number of aromatic nitrogens is 2. The van der Waals surface area contributed by atoms with Crippen molar-refractivity contribution in [1.29, 1.82) is 0 Å². The van der Waals surface area contributed by atoms with Crippen molar-refractivity contribution in [3.63, 3.8) is 0 Å². The Kier molecular flexibility index (Phi) is 3.92. The Bertz CT molecular complexity index is 610. The number of aliphatic hydroxyl groups is 1. The van der Waals surface area contributed by atoms with Crippen molar-refractivity contribution < 1.29 is 9.50 Å². The van der Waals surface area contributed by atoms with Gasteiger partial charge in [0, 0.05) is 19.0 Å². The molecule has 1 heterocycles. The predicted octanol–water partition coefficient (Wildman–Crippen LogP) is 3.11. The highest BCUT2D eigenvalue weighted by atomic mass is 35.5. The van der Waals surface area contributed by atoms with Gasteiger partial charge in [-0.05, 0) is 19.9 Å². The SMILES string of the molecule is Cc1ccc(F)c(C(O)Cc2c(Cl)c(C)nn2C)c1. The maximum atomic E-state index is 13.7. The minimum absolute atomic E-state index is 0.233. The van der Waals surface area contributed by atoms with Crippen molar-refractivity contribution in [2.24, 2.45) is 7.05 Å². The van der Waals surface area contributed by atoms with Crippen LogP contribution < -0.4 is 0 Å². The Morgan fingerprint density at radius 1 is 1.42 bits per heavy atom. The van der Waals surface area contributed by atoms with Crippen LogP contribution in [0.3, 0.4) is 0 Å². The van der Waals surface area contributed by atoms with Gasteiger partial charge in [0.05, 0.1) is 22.5 Å². The molecule has 5 heteroatoms. The molecule has 0 bridgehead atoms. The standard InChI is InChI=1S/C14H16ClFN2O/c1-8-4-5-11(16)10(6-8)13(19)7-12-14(15)9(2)17-18(12)3/h4-6,13,19H,7H2,1-3H3. The molecule has 0 saturated heterocycles. The fourth-order valence-corrected chi connectivity index (χ4v) is 2.35. The van der Waals surface area contributed by atoms with E-state index in [9.17, 15) is 9.50 Å². The lowest BCUT2D eigenvalue weighted by Crippen LogP contribution is -2.08. The third-order valence-corrected chi connectivity index (χ3v) is 3.65. The van der Waals surface area contributed by atoms with Crippen molar-refractivity contribution in [2.45, 2.75) is 26.4 Å². The first-order valence-corrected chi connectivity index (χ1v) is 6.40. The lowest BCUT2D eigenvalue weighted by atomic mass is 10.0. The fourth-order valence-electron chi connectivity index (χ4n) is 2.11. The monoisotopic (exact) mass is 282 g/mol. The smallest absolute Gasteiger partial charge is 0.129 e. The molecule has 1 unspecified atom stereocenters. The van der Waals surface area contributed by atoms with E-state index in [2.05, 4.69) is 5.10 Å². The maximum absolute atomic E-state index is 13.7. The Labute approximate surface area is 116 Å². The van der Waals surface area contributed by atoms with Gasteiger partial charge in [-0.15, -0.1) is 0 Å². The topological polar surface area (TPSA) is 38.1 Å². The van der Waals surface area contributed by atoms with E-state index >= 15 is 0 Å². The molecule has 0 saturated carbocycles. The van der Waals surface area contributed by atoms with Crippen LogP contribution in [-0.2, 0) is 13.5 Å². The first-order valence-electron chi connectivity index (χ1n) is 6.02. The van der Waals surface area contributed by atoms with Crippen molar-refractivity contribution in [3.8, 4) is 0 Å². The van der Waals surface area contributed by atoms with Gasteiger partial charge in [-0.3, -0.25) is 4.68 Å². The average Bonchev–Trinajstić information content (AvgIpc) is 2.59. The molecule has 3 nitrogen and oxygen atoms in total. The summed E-state index contributed by atoms with van der Waals surface area (Å²) in [6.45, 7) is 3.66. The zero-order chi connectivity index (χ0) is 14.2. The van der Waals surface area contributed by atoms with Crippen LogP contribution in [0, 0.1) is 19.7 Å². The second-order valence-electron chi connectivity index (χ2n) is 4.71. The van der Waals surface area contributed by atoms with Gasteiger partial charge >= 0.3 is 0 Å². The summed E-state index contributed by atoms with van der Waals surface area (Å²) >= 11 is 6.13. The van der Waals surface area contributed by atoms with Crippen molar-refractivity contribution >= 4 is 11.6 Å². The average molecular weight is 283 g/mol. The highest BCUT2D eigenvalue weighted by Gasteiger charge is 2.19. The van der Waals surface area contributed by atoms with E-state index in [4.69, 9.17) is 11.6 Å². The minimum Gasteiger partial charge on any atom is -0.388 e. The quantitative estimate of drug-likeness (QED) is 0.939. The number of rotatable bonds is 3. The van der Waals surface area contributed by atoms with Crippen LogP contribution in [0.15, 0.2) is 18.2 Å². The fraction of sp³-hybridized carbons (Fsp3) is 0.357. The first kappa shape index (κ1) is 14.0. The molecule has 0 fully saturated rings. The van der Waals surface area contributed by atoms with E-state index in [0.717, 1.165) is 5.56 Å². The molecule has 102 valence electrons. The zero-order valence-electron chi connectivity index (χ0n) is 11.1. The number of nitrogens with zero attached hydrogens (tertiary/aromatic N) is 2. The molecule has 0 radical (unpaired) electrons. The highest BCUT2D eigenvalue weighted by Crippen LogP contribution is 2.27. The molecule has 0 aliphatic heterocycles. The molecule has 0 spiro atoms. The summed E-state index contributed by atoms with van der Waals surface area (Å²) < 4.78 is 15.3. The van der Waals surface area contributed by atoms with Crippen LogP contribution in [0.2, 0.25) is 5.02 Å². The second kappa shape index (κ2) is 5.31. The van der Waals surface area contributed by atoms with E-state index in [-0.39, 0.29) is 12.0 Å². The van der Waals surface area contributed by atoms with Crippen LogP contribution in [0.1, 0.15) is 28.6 Å². The number of aryl methyl sites for hydroxylation is 3. The van der Waals surface area contributed by atoms with Crippen LogP contribution in [0.25, 0.3) is 0 Å². The van der Waals surface area contributed by atoms with Crippen LogP contribution >= 0.6 is 11.6 Å². The van der Waals surface area contributed by atoms with E-state index in [1.54, 1.807) is 30.8 Å². The second-order valence-corrected chi connectivity index (χ2v) is 5.09. The molecular weight excluding hydrogens is 267 g/mol. The van der Waals surface area contributed by atoms with E-state index < -0.39 is 11.9 Å². The van der Waals surface area contributed by atoms with E-state index in [1.807, 2.05) is 6.92 Å². The number of hydrogen-bond acceptors (Lipinski definition) is 2. The Morgan fingerprint density at radius 2 is 2.11 bits per heavy atom. The molecule has 0 amide bonds. The maximum Gasteiger partial charge on any atom is 0.129 e. The summed E-state index contributed by atoms with van der Waals surface area (Å²) in [6, 6.07) is 4.69. The zero-order valence-corrected chi connectivity index (χ0v) is 11.9. The minimum atomic E-state index is -0.938. The third-order valence-electron chi connectivity index (χ3n) is 3.16. The predicted molar refractivity (Wildman–Crippen MR) is 72.8 cm³/mol. The lowest BCUT2D eigenvalue weighted by Gasteiger charge is -2.13. The van der Waals surface area contributed by atoms with Gasteiger partial charge in [0.25, 0.3) is 0 Å². The third kappa shape index (κ3) is 2.80. The first-order chi connectivity index (χ1) is 8.90. The normalized spacial score (nSPS) is 12.7. The van der Waals surface area contributed by atoms with Gasteiger partial charge in [0.2, 0.25) is 0 Å². The highest BCUT2D eigenvalue weighted by molar-refractivity contribution is 6.31. The molecule has 0 aliphatic carbocycles. The van der Waals surface area contributed by atoms with Crippen LogP contribution in [-0.4, -0.2) is 14.9 Å². The number of halogens is 2. The van der Waals surface area contributed by atoms with E-state index in [1.165, 1.54) is 6.07 Å². The number of benzene rings is 1. The van der Waals surface area contributed by atoms with Gasteiger partial charge in [0.15, 0.2) is 0 Å². The Balaban J connectivity index is 2.30. The summed E-state index contributed by atoms with van der Waals surface area (Å²) in [5.74, 6) is -0.409. The molecular formula is C14H16ClFN2O. The van der Waals surface area contributed by atoms with Gasteiger partial charge in [-0.2, -0.15) is 5.10 Å². The molecule has 1 N–H and O–H groups in total. The number of aliphatic hydroxyl groups excluding tert-OH is 1. The van der Waals surface area contributed by atoms with Crippen molar-refractivity contribution in [1.82, 2.24) is 9.78 Å². The van der Waals surface area contributed by atoms with Crippen LogP contribution in [0.5, 0.6) is 0 Å². The van der Waals surface area contributed by atoms with Gasteiger partial charge in [-0.25, -0.2) is 4.39 Å². The van der Waals surface area contributed by atoms with Crippen molar-refractivity contribution in [2.75, 3.05) is 0 Å². The molecule has 1 aromatic heterocycles. The summed E-state index contributed by atoms with van der Waals surface area (Å²) in [4.78, 5) is 0. The summed E-state index contributed by atoms with van der Waals surface area (Å²) in [7, 11) is 1.76. The Hall–Kier alpha value is -1.39. The summed E-state index contributed by atoms with van der Waals surface area (Å²) in [5.41, 5.74) is 2.60. The van der Waals surface area contributed by atoms with Crippen LogP contribution in [0.4, 0.5) is 4.39 Å². The Morgan fingerprint density at radius 3 is 2.68 bits per heavy atom. The number of hydrogen-bond donors (Lipinski definition) is 1. The van der Waals surface area contributed by atoms with Crippen molar-refractivity contribution in [3.05, 3.63) is 51.6 Å². The molecule has 2 rings (SSSR count). The molecule has 2 aromatic rings. The molecule has 19 heavy (non-hydrogen) atoms. The van der Waals surface area contributed by atoms with Gasteiger partial charge in [0.1, 0.15) is 5.82 Å². The molecule has 0 aliphatic rings. The van der Waals surface area contributed by atoms with Gasteiger partial charge < -0.3 is 5.11 Å². The summed E-state index contributed by atoms with van der Waals surface area (Å²) in [5, 5.41) is 14.9. The van der Waals surface area contributed by atoms with E-state index in [0.29, 0.717) is 16.4 Å². The molecule has 1 aromatic carbocycles. The van der Waals surface area contributed by atoms with Gasteiger partial charge in [-0.1, -0.05) is 29.3 Å². The molecule has 1 atom stereocenters. The largest absolute Gasteiger partial charge is 0.388 e. The lowest BCUT2D eigenvalue weighted by molar-refractivity contribution is 0.171.